The van der Waals surface area contributed by atoms with Crippen molar-refractivity contribution in [1.29, 1.82) is 0 Å². The molecule has 2 heterocycles. The van der Waals surface area contributed by atoms with Gasteiger partial charge < -0.3 is 25.2 Å². The number of hydrogen-bond donors (Lipinski definition) is 2. The molecule has 0 aromatic heterocycles. The van der Waals surface area contributed by atoms with E-state index in [0.717, 1.165) is 57.3 Å². The molecule has 6 heteroatoms. The average molecular weight is 388 g/mol. The Balaban J connectivity index is 1.42. The Hall–Kier alpha value is -1.79. The van der Waals surface area contributed by atoms with Crippen LogP contribution in [-0.2, 0) is 12.8 Å². The van der Waals surface area contributed by atoms with E-state index in [1.807, 2.05) is 0 Å². The zero-order valence-electron chi connectivity index (χ0n) is 17.8. The molecular weight excluding hydrogens is 350 g/mol. The highest BCUT2D eigenvalue weighted by Gasteiger charge is 2.16. The van der Waals surface area contributed by atoms with Gasteiger partial charge in [-0.05, 0) is 43.5 Å². The lowest BCUT2D eigenvalue weighted by molar-refractivity contribution is 0.140. The van der Waals surface area contributed by atoms with Crippen LogP contribution in [0.1, 0.15) is 25.0 Å². The van der Waals surface area contributed by atoms with Crippen LogP contribution in [-0.4, -0.2) is 81.8 Å². The fraction of sp³-hybridized carbons (Fsp3) is 0.682. The first kappa shape index (κ1) is 20.9. The molecule has 1 aromatic carbocycles. The number of ether oxygens (including phenoxy) is 1. The van der Waals surface area contributed by atoms with Crippen LogP contribution in [0, 0.1) is 5.92 Å². The number of piperazine rings is 1. The van der Waals surface area contributed by atoms with Crippen LogP contribution in [0.3, 0.4) is 0 Å². The van der Waals surface area contributed by atoms with Crippen molar-refractivity contribution >= 4 is 5.96 Å². The highest BCUT2D eigenvalue weighted by molar-refractivity contribution is 5.79. The molecule has 1 unspecified atom stereocenters. The molecular formula is C22H37N5O. The highest BCUT2D eigenvalue weighted by atomic mass is 16.5. The predicted octanol–water partition coefficient (Wildman–Crippen LogP) is 1.60. The van der Waals surface area contributed by atoms with Crippen LogP contribution in [0.15, 0.2) is 23.2 Å². The first-order valence-corrected chi connectivity index (χ1v) is 10.8. The number of nitrogens with one attached hydrogen (secondary N) is 2. The quantitative estimate of drug-likeness (QED) is 0.524. The summed E-state index contributed by atoms with van der Waals surface area (Å²) in [5.74, 6) is 2.55. The molecule has 6 nitrogen and oxygen atoms in total. The molecule has 1 fully saturated rings. The van der Waals surface area contributed by atoms with Crippen molar-refractivity contribution in [3.8, 4) is 5.75 Å². The van der Waals surface area contributed by atoms with Crippen molar-refractivity contribution in [3.63, 3.8) is 0 Å². The second kappa shape index (κ2) is 10.7. The van der Waals surface area contributed by atoms with Gasteiger partial charge in [0.2, 0.25) is 0 Å². The third kappa shape index (κ3) is 6.38. The van der Waals surface area contributed by atoms with Crippen LogP contribution in [0.25, 0.3) is 0 Å². The standard InChI is InChI=1S/C22H37N5O/c1-4-23-22(25-16-18(2)17-27-12-10-26(3)11-13-27)24-9-7-19-5-6-21-20(15-19)8-14-28-21/h5-6,15,18H,4,7-14,16-17H2,1-3H3,(H2,23,24,25). The molecule has 156 valence electrons. The number of nitrogens with zero attached hydrogens (tertiary/aromatic N) is 3. The number of guanidine groups is 1. The van der Waals surface area contributed by atoms with Crippen LogP contribution in [0.5, 0.6) is 5.75 Å². The van der Waals surface area contributed by atoms with Gasteiger partial charge in [0.1, 0.15) is 5.75 Å². The molecule has 1 atom stereocenters. The Morgan fingerprint density at radius 3 is 2.82 bits per heavy atom. The summed E-state index contributed by atoms with van der Waals surface area (Å²) in [6.45, 7) is 13.7. The smallest absolute Gasteiger partial charge is 0.191 e. The van der Waals surface area contributed by atoms with Crippen molar-refractivity contribution in [2.75, 3.05) is 66.0 Å². The molecule has 28 heavy (non-hydrogen) atoms. The number of fused-ring (bicyclic) bond motifs is 1. The van der Waals surface area contributed by atoms with Crippen molar-refractivity contribution in [1.82, 2.24) is 20.4 Å². The minimum Gasteiger partial charge on any atom is -0.493 e. The number of hydrogen-bond acceptors (Lipinski definition) is 4. The summed E-state index contributed by atoms with van der Waals surface area (Å²) in [6.07, 6.45) is 2.03. The summed E-state index contributed by atoms with van der Waals surface area (Å²) in [5, 5.41) is 6.86. The van der Waals surface area contributed by atoms with Gasteiger partial charge in [-0.1, -0.05) is 19.1 Å². The van der Waals surface area contributed by atoms with Gasteiger partial charge in [0, 0.05) is 58.8 Å². The van der Waals surface area contributed by atoms with Crippen LogP contribution < -0.4 is 15.4 Å². The summed E-state index contributed by atoms with van der Waals surface area (Å²) < 4.78 is 5.59. The molecule has 2 aliphatic rings. The monoisotopic (exact) mass is 387 g/mol. The predicted molar refractivity (Wildman–Crippen MR) is 116 cm³/mol. The van der Waals surface area contributed by atoms with E-state index in [1.54, 1.807) is 0 Å². The first-order valence-electron chi connectivity index (χ1n) is 10.8. The molecule has 0 bridgehead atoms. The van der Waals surface area contributed by atoms with E-state index in [4.69, 9.17) is 9.73 Å². The van der Waals surface area contributed by atoms with Gasteiger partial charge >= 0.3 is 0 Å². The Kier molecular flexibility index (Phi) is 7.98. The topological polar surface area (TPSA) is 52.1 Å². The largest absolute Gasteiger partial charge is 0.493 e. The van der Waals surface area contributed by atoms with E-state index in [2.05, 4.69) is 59.5 Å². The van der Waals surface area contributed by atoms with E-state index in [-0.39, 0.29) is 0 Å². The fourth-order valence-corrected chi connectivity index (χ4v) is 3.84. The number of rotatable bonds is 8. The maximum atomic E-state index is 5.59. The number of benzene rings is 1. The lowest BCUT2D eigenvalue weighted by Crippen LogP contribution is -2.46. The Labute approximate surface area is 170 Å². The molecule has 0 radical (unpaired) electrons. The summed E-state index contributed by atoms with van der Waals surface area (Å²) in [4.78, 5) is 9.79. The normalized spacial score (nSPS) is 19.2. The molecule has 1 saturated heterocycles. The van der Waals surface area contributed by atoms with E-state index >= 15 is 0 Å². The molecule has 0 spiro atoms. The third-order valence-electron chi connectivity index (χ3n) is 5.53. The van der Waals surface area contributed by atoms with E-state index in [0.29, 0.717) is 5.92 Å². The van der Waals surface area contributed by atoms with Crippen LogP contribution >= 0.6 is 0 Å². The van der Waals surface area contributed by atoms with Crippen molar-refractivity contribution in [3.05, 3.63) is 29.3 Å². The van der Waals surface area contributed by atoms with Crippen molar-refractivity contribution in [2.24, 2.45) is 10.9 Å². The first-order chi connectivity index (χ1) is 13.6. The zero-order valence-corrected chi connectivity index (χ0v) is 17.8. The van der Waals surface area contributed by atoms with Gasteiger partial charge in [-0.15, -0.1) is 0 Å². The molecule has 0 aliphatic carbocycles. The lowest BCUT2D eigenvalue weighted by Gasteiger charge is -2.33. The average Bonchev–Trinajstić information content (AvgIpc) is 3.16. The van der Waals surface area contributed by atoms with E-state index in [1.165, 1.54) is 37.3 Å². The summed E-state index contributed by atoms with van der Waals surface area (Å²) >= 11 is 0. The maximum absolute atomic E-state index is 5.59. The minimum atomic E-state index is 0.565. The SMILES string of the molecule is CCNC(=NCC(C)CN1CCN(C)CC1)NCCc1ccc2c(c1)CCO2. The minimum absolute atomic E-state index is 0.565. The molecule has 1 aromatic rings. The fourth-order valence-electron chi connectivity index (χ4n) is 3.84. The van der Waals surface area contributed by atoms with Crippen molar-refractivity contribution < 1.29 is 4.74 Å². The second-order valence-electron chi connectivity index (χ2n) is 8.15. The molecule has 0 saturated carbocycles. The summed E-state index contributed by atoms with van der Waals surface area (Å²) in [5.41, 5.74) is 2.70. The Morgan fingerprint density at radius 1 is 1.21 bits per heavy atom. The Morgan fingerprint density at radius 2 is 2.04 bits per heavy atom. The van der Waals surface area contributed by atoms with Gasteiger partial charge in [-0.3, -0.25) is 4.99 Å². The second-order valence-corrected chi connectivity index (χ2v) is 8.15. The zero-order chi connectivity index (χ0) is 19.8. The van der Waals surface area contributed by atoms with Gasteiger partial charge in [-0.2, -0.15) is 0 Å². The lowest BCUT2D eigenvalue weighted by atomic mass is 10.1. The van der Waals surface area contributed by atoms with E-state index in [9.17, 15) is 0 Å². The van der Waals surface area contributed by atoms with Gasteiger partial charge in [0.05, 0.1) is 6.61 Å². The Bertz CT molecular complexity index is 640. The van der Waals surface area contributed by atoms with Gasteiger partial charge in [0.25, 0.3) is 0 Å². The summed E-state index contributed by atoms with van der Waals surface area (Å²) in [6, 6.07) is 6.57. The summed E-state index contributed by atoms with van der Waals surface area (Å²) in [7, 11) is 2.20. The number of likely N-dealkylation sites (N-methyl/N-ethyl adjacent to an activating group) is 1. The maximum Gasteiger partial charge on any atom is 0.191 e. The van der Waals surface area contributed by atoms with Gasteiger partial charge in [-0.25, -0.2) is 0 Å². The van der Waals surface area contributed by atoms with E-state index < -0.39 is 0 Å². The number of aliphatic imine (C=N–C) groups is 1. The third-order valence-corrected chi connectivity index (χ3v) is 5.53. The van der Waals surface area contributed by atoms with Crippen molar-refractivity contribution in [2.45, 2.75) is 26.7 Å². The molecule has 3 rings (SSSR count). The highest BCUT2D eigenvalue weighted by Crippen LogP contribution is 2.25. The molecule has 0 amide bonds. The van der Waals surface area contributed by atoms with Crippen LogP contribution in [0.4, 0.5) is 0 Å². The van der Waals surface area contributed by atoms with Crippen LogP contribution in [0.2, 0.25) is 0 Å². The molecule has 2 aliphatic heterocycles. The van der Waals surface area contributed by atoms with Gasteiger partial charge in [0.15, 0.2) is 5.96 Å². The molecule has 2 N–H and O–H groups in total.